The lowest BCUT2D eigenvalue weighted by Gasteiger charge is -2.26. The third-order valence-electron chi connectivity index (χ3n) is 5.70. The van der Waals surface area contributed by atoms with E-state index in [9.17, 15) is 5.11 Å². The number of aromatic nitrogens is 3. The predicted molar refractivity (Wildman–Crippen MR) is 116 cm³/mol. The fourth-order valence-corrected chi connectivity index (χ4v) is 4.04. The highest BCUT2D eigenvalue weighted by molar-refractivity contribution is 5.70. The quantitative estimate of drug-likeness (QED) is 0.532. The maximum Gasteiger partial charge on any atom is 0.154 e. The summed E-state index contributed by atoms with van der Waals surface area (Å²) in [5.41, 5.74) is 5.29. The van der Waals surface area contributed by atoms with Crippen molar-refractivity contribution in [2.24, 2.45) is 0 Å². The second kappa shape index (κ2) is 7.68. The Kier molecular flexibility index (Phi) is 4.74. The van der Waals surface area contributed by atoms with Crippen LogP contribution in [-0.2, 0) is 0 Å². The second-order valence-electron chi connectivity index (χ2n) is 7.73. The topological polar surface area (TPSA) is 62.5 Å². The molecule has 1 aliphatic carbocycles. The number of hydrogen-bond acceptors (Lipinski definition) is 4. The average Bonchev–Trinajstić information content (AvgIpc) is 3.19. The van der Waals surface area contributed by atoms with Crippen LogP contribution in [0.2, 0.25) is 0 Å². The molecule has 0 radical (unpaired) electrons. The largest absolute Gasteiger partial charge is 0.393 e. The van der Waals surface area contributed by atoms with E-state index >= 15 is 0 Å². The molecule has 2 aromatic carbocycles. The number of nitrogens with one attached hydrogen (secondary N) is 1. The van der Waals surface area contributed by atoms with E-state index in [0.29, 0.717) is 6.04 Å². The molecule has 0 amide bonds. The molecule has 5 heteroatoms. The Morgan fingerprint density at radius 1 is 0.793 bits per heavy atom. The number of rotatable bonds is 4. The first-order valence-electron chi connectivity index (χ1n) is 10.2. The molecular formula is C24H24N4O. The summed E-state index contributed by atoms with van der Waals surface area (Å²) < 4.78 is 1.90. The molecule has 2 aromatic heterocycles. The minimum absolute atomic E-state index is 0.150. The molecule has 1 aliphatic rings. The van der Waals surface area contributed by atoms with E-state index in [1.165, 1.54) is 11.1 Å². The summed E-state index contributed by atoms with van der Waals surface area (Å²) >= 11 is 0. The van der Waals surface area contributed by atoms with Crippen LogP contribution in [-0.4, -0.2) is 31.9 Å². The molecule has 0 aliphatic heterocycles. The van der Waals surface area contributed by atoms with Crippen molar-refractivity contribution in [2.75, 3.05) is 5.32 Å². The average molecular weight is 384 g/mol. The highest BCUT2D eigenvalue weighted by Gasteiger charge is 2.19. The molecule has 1 fully saturated rings. The predicted octanol–water partition coefficient (Wildman–Crippen LogP) is 4.78. The molecule has 1 saturated carbocycles. The Labute approximate surface area is 170 Å². The Morgan fingerprint density at radius 2 is 1.48 bits per heavy atom. The number of nitrogens with zero attached hydrogens (tertiary/aromatic N) is 3. The second-order valence-corrected chi connectivity index (χ2v) is 7.73. The van der Waals surface area contributed by atoms with Crippen molar-refractivity contribution in [1.82, 2.24) is 14.6 Å². The third-order valence-corrected chi connectivity index (χ3v) is 5.70. The van der Waals surface area contributed by atoms with Gasteiger partial charge in [-0.15, -0.1) is 5.10 Å². The van der Waals surface area contributed by atoms with E-state index in [1.54, 1.807) is 0 Å². The summed E-state index contributed by atoms with van der Waals surface area (Å²) in [6.07, 6.45) is 5.37. The Morgan fingerprint density at radius 3 is 2.24 bits per heavy atom. The smallest absolute Gasteiger partial charge is 0.154 e. The van der Waals surface area contributed by atoms with Crippen molar-refractivity contribution in [2.45, 2.75) is 37.8 Å². The lowest BCUT2D eigenvalue weighted by Crippen LogP contribution is -2.28. The fraction of sp³-hybridized carbons (Fsp3) is 0.250. The van der Waals surface area contributed by atoms with Gasteiger partial charge in [-0.3, -0.25) is 0 Å². The number of fused-ring (bicyclic) bond motifs is 1. The third kappa shape index (κ3) is 3.74. The molecule has 0 atom stereocenters. The maximum atomic E-state index is 9.71. The number of aliphatic hydroxyl groups is 1. The van der Waals surface area contributed by atoms with Crippen LogP contribution in [0.4, 0.5) is 5.82 Å². The van der Waals surface area contributed by atoms with Crippen LogP contribution in [0.5, 0.6) is 0 Å². The first-order valence-corrected chi connectivity index (χ1v) is 10.2. The van der Waals surface area contributed by atoms with Crippen molar-refractivity contribution in [1.29, 1.82) is 0 Å². The van der Waals surface area contributed by atoms with Gasteiger partial charge in [0.05, 0.1) is 18.0 Å². The molecule has 5 nitrogen and oxygen atoms in total. The van der Waals surface area contributed by atoms with E-state index in [1.807, 2.05) is 28.9 Å². The lowest BCUT2D eigenvalue weighted by molar-refractivity contribution is 0.126. The molecule has 0 unspecified atom stereocenters. The van der Waals surface area contributed by atoms with E-state index in [2.05, 4.69) is 58.8 Å². The van der Waals surface area contributed by atoms with Crippen LogP contribution in [0.3, 0.4) is 0 Å². The SMILES string of the molecule is OC1CCC(Nc2ccc3ncc(-c4ccc(-c5ccccc5)cc4)n3n2)CC1. The molecule has 0 bridgehead atoms. The van der Waals surface area contributed by atoms with Crippen LogP contribution in [0.1, 0.15) is 25.7 Å². The van der Waals surface area contributed by atoms with Crippen molar-refractivity contribution in [3.63, 3.8) is 0 Å². The normalized spacial score (nSPS) is 19.3. The van der Waals surface area contributed by atoms with Gasteiger partial charge in [0, 0.05) is 11.6 Å². The first-order chi connectivity index (χ1) is 14.3. The highest BCUT2D eigenvalue weighted by Crippen LogP contribution is 2.26. The number of benzene rings is 2. The molecule has 0 spiro atoms. The minimum atomic E-state index is -0.150. The summed E-state index contributed by atoms with van der Waals surface area (Å²) in [6, 6.07) is 23.2. The number of aliphatic hydroxyl groups excluding tert-OH is 1. The number of hydrogen-bond donors (Lipinski definition) is 2. The Hall–Kier alpha value is -3.18. The van der Waals surface area contributed by atoms with Gasteiger partial charge in [0.25, 0.3) is 0 Å². The van der Waals surface area contributed by atoms with Gasteiger partial charge in [-0.05, 0) is 48.9 Å². The monoisotopic (exact) mass is 384 g/mol. The zero-order chi connectivity index (χ0) is 19.6. The van der Waals surface area contributed by atoms with Crippen molar-refractivity contribution < 1.29 is 5.11 Å². The molecular weight excluding hydrogens is 360 g/mol. The Balaban J connectivity index is 1.41. The minimum Gasteiger partial charge on any atom is -0.393 e. The number of anilines is 1. The van der Waals surface area contributed by atoms with Crippen LogP contribution in [0.15, 0.2) is 72.9 Å². The molecule has 5 rings (SSSR count). The van der Waals surface area contributed by atoms with Gasteiger partial charge in [-0.1, -0.05) is 54.6 Å². The van der Waals surface area contributed by atoms with Crippen molar-refractivity contribution >= 4 is 11.5 Å². The summed E-state index contributed by atoms with van der Waals surface area (Å²) in [5.74, 6) is 0.846. The van der Waals surface area contributed by atoms with Gasteiger partial charge < -0.3 is 10.4 Å². The van der Waals surface area contributed by atoms with Gasteiger partial charge in [0.1, 0.15) is 5.82 Å². The van der Waals surface area contributed by atoms with Gasteiger partial charge in [-0.25, -0.2) is 9.50 Å². The van der Waals surface area contributed by atoms with Crippen LogP contribution < -0.4 is 5.32 Å². The summed E-state index contributed by atoms with van der Waals surface area (Å²) in [6.45, 7) is 0. The van der Waals surface area contributed by atoms with Gasteiger partial charge in [0.15, 0.2) is 5.65 Å². The fourth-order valence-electron chi connectivity index (χ4n) is 4.04. The van der Waals surface area contributed by atoms with Gasteiger partial charge >= 0.3 is 0 Å². The molecule has 4 aromatic rings. The summed E-state index contributed by atoms with van der Waals surface area (Å²) in [4.78, 5) is 4.51. The van der Waals surface area contributed by atoms with Gasteiger partial charge in [0.2, 0.25) is 0 Å². The standard InChI is InChI=1S/C24H24N4O/c29-21-12-10-20(11-13-21)26-23-14-15-24-25-16-22(28(24)27-23)19-8-6-18(7-9-19)17-4-2-1-3-5-17/h1-9,14-16,20-21,29H,10-13H2,(H,26,27). The van der Waals surface area contributed by atoms with E-state index in [-0.39, 0.29) is 6.10 Å². The molecule has 146 valence electrons. The Bertz CT molecular complexity index is 1100. The van der Waals surface area contributed by atoms with Crippen LogP contribution in [0.25, 0.3) is 28.0 Å². The zero-order valence-electron chi connectivity index (χ0n) is 16.2. The zero-order valence-corrected chi connectivity index (χ0v) is 16.2. The van der Waals surface area contributed by atoms with Crippen LogP contribution >= 0.6 is 0 Å². The molecule has 0 saturated heterocycles. The summed E-state index contributed by atoms with van der Waals surface area (Å²) in [7, 11) is 0. The first kappa shape index (κ1) is 17.9. The summed E-state index contributed by atoms with van der Waals surface area (Å²) in [5, 5.41) is 18.0. The van der Waals surface area contributed by atoms with E-state index < -0.39 is 0 Å². The van der Waals surface area contributed by atoms with Gasteiger partial charge in [-0.2, -0.15) is 0 Å². The molecule has 29 heavy (non-hydrogen) atoms. The molecule has 2 heterocycles. The van der Waals surface area contributed by atoms with Crippen molar-refractivity contribution in [3.8, 4) is 22.4 Å². The lowest BCUT2D eigenvalue weighted by atomic mass is 9.93. The van der Waals surface area contributed by atoms with E-state index in [4.69, 9.17) is 5.10 Å². The number of imidazole rings is 1. The van der Waals surface area contributed by atoms with E-state index in [0.717, 1.165) is 48.4 Å². The van der Waals surface area contributed by atoms with Crippen molar-refractivity contribution in [3.05, 3.63) is 72.9 Å². The van der Waals surface area contributed by atoms with Crippen LogP contribution in [0, 0.1) is 0 Å². The highest BCUT2D eigenvalue weighted by atomic mass is 16.3. The maximum absolute atomic E-state index is 9.71. The molecule has 2 N–H and O–H groups in total.